The maximum Gasteiger partial charge on any atom is 0.419 e. The Hall–Kier alpha value is -3.96. The Balaban J connectivity index is 2.24. The van der Waals surface area contributed by atoms with E-state index in [0.29, 0.717) is 5.56 Å². The first-order valence-electron chi connectivity index (χ1n) is 11.5. The van der Waals surface area contributed by atoms with Crippen LogP contribution in [0.15, 0.2) is 60.7 Å². The zero-order chi connectivity index (χ0) is 26.7. The summed E-state index contributed by atoms with van der Waals surface area (Å²) in [5.74, 6) is -2.06. The zero-order valence-corrected chi connectivity index (χ0v) is 20.3. The molecule has 194 valence electrons. The van der Waals surface area contributed by atoms with Gasteiger partial charge in [-0.15, -0.1) is 0 Å². The number of benzene rings is 2. The molecule has 0 spiro atoms. The van der Waals surface area contributed by atoms with Crippen LogP contribution in [0.2, 0.25) is 0 Å². The van der Waals surface area contributed by atoms with Gasteiger partial charge in [0.15, 0.2) is 0 Å². The summed E-state index contributed by atoms with van der Waals surface area (Å²) in [6.07, 6.45) is -2.73. The molecular weight excluding hydrogens is 466 g/mol. The molecule has 0 aromatic heterocycles. The van der Waals surface area contributed by atoms with E-state index in [1.165, 1.54) is 5.01 Å². The van der Waals surface area contributed by atoms with Gasteiger partial charge < -0.3 is 26.6 Å². The van der Waals surface area contributed by atoms with Crippen molar-refractivity contribution in [1.82, 2.24) is 21.1 Å². The van der Waals surface area contributed by atoms with E-state index in [-0.39, 0.29) is 19.0 Å². The monoisotopic (exact) mass is 499 g/mol. The average Bonchev–Trinajstić information content (AvgIpc) is 2.83. The first-order valence-corrected chi connectivity index (χ1v) is 11.5. The van der Waals surface area contributed by atoms with E-state index in [1.54, 1.807) is 44.2 Å². The molecule has 4 amide bonds. The Kier molecular flexibility index (Phi) is 10.8. The van der Waals surface area contributed by atoms with Gasteiger partial charge in [0.1, 0.15) is 6.04 Å². The number of carbonyl (C=O) groups is 4. The maximum atomic E-state index is 13.2. The second-order valence-electron chi connectivity index (χ2n) is 8.60. The first-order chi connectivity index (χ1) is 17.1. The maximum absolute atomic E-state index is 13.2. The minimum absolute atomic E-state index is 0.126. The summed E-state index contributed by atoms with van der Waals surface area (Å²) in [7, 11) is 0. The van der Waals surface area contributed by atoms with E-state index in [1.807, 2.05) is 30.3 Å². The molecule has 2 aromatic carbocycles. The van der Waals surface area contributed by atoms with Gasteiger partial charge in [-0.2, -0.15) is 0 Å². The zero-order valence-electron chi connectivity index (χ0n) is 20.3. The number of aliphatic hydroxyl groups is 1. The molecule has 36 heavy (non-hydrogen) atoms. The SMILES string of the molecule is CC(C)N(C[C@H](O)[C@H](Cc1ccccc1)NC(=O)[C@H](CC(N)=O)NC(=O)c1ccccc1)NC(=O)O. The van der Waals surface area contributed by atoms with Crippen molar-refractivity contribution in [2.24, 2.45) is 5.73 Å². The van der Waals surface area contributed by atoms with Gasteiger partial charge in [0.05, 0.1) is 18.6 Å². The van der Waals surface area contributed by atoms with Crippen molar-refractivity contribution in [3.8, 4) is 0 Å². The van der Waals surface area contributed by atoms with Gasteiger partial charge >= 0.3 is 6.09 Å². The predicted molar refractivity (Wildman–Crippen MR) is 133 cm³/mol. The van der Waals surface area contributed by atoms with Crippen LogP contribution in [-0.4, -0.2) is 69.8 Å². The molecule has 0 saturated heterocycles. The second-order valence-corrected chi connectivity index (χ2v) is 8.60. The van der Waals surface area contributed by atoms with Crippen LogP contribution in [0.25, 0.3) is 0 Å². The fraction of sp³-hybridized carbons (Fsp3) is 0.360. The summed E-state index contributed by atoms with van der Waals surface area (Å²) in [6.45, 7) is 3.36. The fourth-order valence-electron chi connectivity index (χ4n) is 3.51. The third-order valence-electron chi connectivity index (χ3n) is 5.40. The highest BCUT2D eigenvalue weighted by Gasteiger charge is 2.30. The van der Waals surface area contributed by atoms with Gasteiger partial charge in [-0.05, 0) is 38.0 Å². The molecule has 0 unspecified atom stereocenters. The number of rotatable bonds is 13. The molecule has 11 heteroatoms. The summed E-state index contributed by atoms with van der Waals surface area (Å²) in [4.78, 5) is 48.6. The number of aliphatic hydroxyl groups excluding tert-OH is 1. The van der Waals surface area contributed by atoms with Crippen LogP contribution in [0, 0.1) is 0 Å². The summed E-state index contributed by atoms with van der Waals surface area (Å²) in [6, 6.07) is 14.8. The molecule has 2 aromatic rings. The molecule has 0 aliphatic rings. The number of nitrogens with zero attached hydrogens (tertiary/aromatic N) is 1. The fourth-order valence-corrected chi connectivity index (χ4v) is 3.51. The van der Waals surface area contributed by atoms with Crippen LogP contribution in [-0.2, 0) is 16.0 Å². The van der Waals surface area contributed by atoms with E-state index in [2.05, 4.69) is 16.1 Å². The Morgan fingerprint density at radius 1 is 0.944 bits per heavy atom. The van der Waals surface area contributed by atoms with Crippen LogP contribution < -0.4 is 21.8 Å². The number of nitrogens with two attached hydrogens (primary N) is 1. The molecule has 7 N–H and O–H groups in total. The molecule has 11 nitrogen and oxygen atoms in total. The largest absolute Gasteiger partial charge is 0.464 e. The molecular formula is C25H33N5O6. The predicted octanol–water partition coefficient (Wildman–Crippen LogP) is 0.642. The number of nitrogens with one attached hydrogen (secondary N) is 3. The lowest BCUT2D eigenvalue weighted by Gasteiger charge is -2.32. The highest BCUT2D eigenvalue weighted by atomic mass is 16.4. The van der Waals surface area contributed by atoms with Crippen LogP contribution in [0.4, 0.5) is 4.79 Å². The molecule has 0 aliphatic carbocycles. The molecule has 0 fully saturated rings. The van der Waals surface area contributed by atoms with Crippen molar-refractivity contribution in [2.75, 3.05) is 6.54 Å². The van der Waals surface area contributed by atoms with Crippen LogP contribution in [0.5, 0.6) is 0 Å². The molecule has 3 atom stereocenters. The van der Waals surface area contributed by atoms with E-state index >= 15 is 0 Å². The van der Waals surface area contributed by atoms with Crippen molar-refractivity contribution in [2.45, 2.75) is 50.9 Å². The van der Waals surface area contributed by atoms with Gasteiger partial charge in [0, 0.05) is 18.2 Å². The number of amides is 4. The van der Waals surface area contributed by atoms with E-state index in [4.69, 9.17) is 10.8 Å². The van der Waals surface area contributed by atoms with E-state index < -0.39 is 48.4 Å². The molecule has 2 rings (SSSR count). The average molecular weight is 500 g/mol. The standard InChI is InChI=1S/C25H33N5O6/c1-16(2)30(29-25(35)36)15-21(31)19(13-17-9-5-3-6-10-17)27-24(34)20(14-22(26)32)28-23(33)18-11-7-4-8-12-18/h3-12,16,19-21,29,31H,13-15H2,1-2H3,(H2,26,32)(H,27,34)(H,28,33)(H,35,36)/t19-,20-,21-/m0/s1. The number of carbonyl (C=O) groups excluding carboxylic acids is 3. The lowest BCUT2D eigenvalue weighted by Crippen LogP contribution is -2.58. The normalized spacial score (nSPS) is 13.5. The van der Waals surface area contributed by atoms with Gasteiger partial charge in [-0.1, -0.05) is 48.5 Å². The van der Waals surface area contributed by atoms with Gasteiger partial charge in [0.25, 0.3) is 5.91 Å². The highest BCUT2D eigenvalue weighted by Crippen LogP contribution is 2.10. The molecule has 0 aliphatic heterocycles. The minimum atomic E-state index is -1.29. The highest BCUT2D eigenvalue weighted by molar-refractivity contribution is 5.98. The lowest BCUT2D eigenvalue weighted by atomic mass is 9.99. The molecule has 0 bridgehead atoms. The quantitative estimate of drug-likeness (QED) is 0.219. The summed E-state index contributed by atoms with van der Waals surface area (Å²) in [5, 5.41) is 26.7. The topological polar surface area (TPSA) is 174 Å². The number of hydrogen-bond donors (Lipinski definition) is 6. The molecule has 0 radical (unpaired) electrons. The molecule has 0 saturated carbocycles. The van der Waals surface area contributed by atoms with Crippen molar-refractivity contribution in [3.05, 3.63) is 71.8 Å². The lowest BCUT2D eigenvalue weighted by molar-refractivity contribution is -0.128. The second kappa shape index (κ2) is 13.8. The van der Waals surface area contributed by atoms with Crippen molar-refractivity contribution in [1.29, 1.82) is 0 Å². The smallest absolute Gasteiger partial charge is 0.419 e. The number of hydrogen-bond acceptors (Lipinski definition) is 6. The number of hydrazine groups is 1. The summed E-state index contributed by atoms with van der Waals surface area (Å²) < 4.78 is 0. The molecule has 0 heterocycles. The van der Waals surface area contributed by atoms with Crippen molar-refractivity contribution >= 4 is 23.8 Å². The third kappa shape index (κ3) is 9.35. The Bertz CT molecular complexity index is 1020. The summed E-state index contributed by atoms with van der Waals surface area (Å²) in [5.41, 5.74) is 8.66. The first kappa shape index (κ1) is 28.3. The Labute approximate surface area is 209 Å². The van der Waals surface area contributed by atoms with Crippen LogP contribution in [0.1, 0.15) is 36.2 Å². The van der Waals surface area contributed by atoms with Crippen molar-refractivity contribution in [3.63, 3.8) is 0 Å². The van der Waals surface area contributed by atoms with Gasteiger partial charge in [-0.25, -0.2) is 9.80 Å². The Morgan fingerprint density at radius 2 is 1.53 bits per heavy atom. The third-order valence-corrected chi connectivity index (χ3v) is 5.40. The van der Waals surface area contributed by atoms with Crippen molar-refractivity contribution < 1.29 is 29.4 Å². The van der Waals surface area contributed by atoms with Crippen LogP contribution >= 0.6 is 0 Å². The summed E-state index contributed by atoms with van der Waals surface area (Å²) >= 11 is 0. The number of carboxylic acid groups (broad SMARTS) is 1. The van der Waals surface area contributed by atoms with E-state index in [9.17, 15) is 24.3 Å². The number of primary amides is 1. The van der Waals surface area contributed by atoms with E-state index in [0.717, 1.165) is 5.56 Å². The van der Waals surface area contributed by atoms with Gasteiger partial charge in [-0.3, -0.25) is 19.8 Å². The minimum Gasteiger partial charge on any atom is -0.464 e. The Morgan fingerprint density at radius 3 is 2.06 bits per heavy atom. The van der Waals surface area contributed by atoms with Gasteiger partial charge in [0.2, 0.25) is 11.8 Å². The van der Waals surface area contributed by atoms with Crippen LogP contribution in [0.3, 0.4) is 0 Å².